The number of hydrogen-bond acceptors (Lipinski definition) is 3. The summed E-state index contributed by atoms with van der Waals surface area (Å²) in [6.07, 6.45) is 4.07. The maximum Gasteiger partial charge on any atom is 0.216 e. The zero-order chi connectivity index (χ0) is 14.7. The van der Waals surface area contributed by atoms with Crippen LogP contribution in [0.1, 0.15) is 51.3 Å². The van der Waals surface area contributed by atoms with Gasteiger partial charge >= 0.3 is 0 Å². The molecule has 2 aliphatic carbocycles. The summed E-state index contributed by atoms with van der Waals surface area (Å²) in [6.45, 7) is 9.71. The van der Waals surface area contributed by atoms with Crippen LogP contribution in [0.2, 0.25) is 0 Å². The van der Waals surface area contributed by atoms with Gasteiger partial charge in [0.15, 0.2) is 0 Å². The van der Waals surface area contributed by atoms with Crippen molar-refractivity contribution in [3.8, 4) is 5.88 Å². The lowest BCUT2D eigenvalue weighted by molar-refractivity contribution is 0.0241. The zero-order valence-electron chi connectivity index (χ0n) is 13.4. The molecule has 3 unspecified atom stereocenters. The molecule has 3 rings (SSSR count). The second-order valence-electron chi connectivity index (χ2n) is 7.41. The van der Waals surface area contributed by atoms with Crippen LogP contribution in [0.4, 0.5) is 0 Å². The highest BCUT2D eigenvalue weighted by molar-refractivity contribution is 5.31. The van der Waals surface area contributed by atoms with Crippen LogP contribution in [0.15, 0.2) is 0 Å². The number of aryl methyl sites for hydroxylation is 2. The molecule has 2 aliphatic rings. The van der Waals surface area contributed by atoms with Crippen LogP contribution in [0.5, 0.6) is 5.88 Å². The summed E-state index contributed by atoms with van der Waals surface area (Å²) < 4.78 is 8.29. The van der Waals surface area contributed by atoms with Gasteiger partial charge in [0.05, 0.1) is 11.3 Å². The molecule has 1 heterocycles. The molecule has 0 aromatic carbocycles. The smallest absolute Gasteiger partial charge is 0.216 e. The predicted octanol–water partition coefficient (Wildman–Crippen LogP) is 2.78. The van der Waals surface area contributed by atoms with E-state index in [1.54, 1.807) is 0 Å². The summed E-state index contributed by atoms with van der Waals surface area (Å²) >= 11 is 0. The van der Waals surface area contributed by atoms with Gasteiger partial charge in [-0.1, -0.05) is 20.8 Å². The Morgan fingerprint density at radius 3 is 2.60 bits per heavy atom. The first kappa shape index (κ1) is 13.9. The lowest BCUT2D eigenvalue weighted by atomic mass is 9.70. The minimum Gasteiger partial charge on any atom is -0.474 e. The van der Waals surface area contributed by atoms with E-state index in [1.165, 1.54) is 12.8 Å². The van der Waals surface area contributed by atoms with Crippen molar-refractivity contribution in [1.29, 1.82) is 0 Å². The molecular weight excluding hydrogens is 250 g/mol. The Morgan fingerprint density at radius 1 is 1.40 bits per heavy atom. The molecule has 0 amide bonds. The van der Waals surface area contributed by atoms with Crippen molar-refractivity contribution in [3.63, 3.8) is 0 Å². The molecule has 4 nitrogen and oxygen atoms in total. The van der Waals surface area contributed by atoms with E-state index >= 15 is 0 Å². The van der Waals surface area contributed by atoms with Gasteiger partial charge in [-0.15, -0.1) is 0 Å². The maximum absolute atomic E-state index is 6.44. The molecule has 2 N–H and O–H groups in total. The van der Waals surface area contributed by atoms with Gasteiger partial charge in [-0.25, -0.2) is 4.68 Å². The average Bonchev–Trinajstić information content (AvgIpc) is 2.84. The fraction of sp³-hybridized carbons (Fsp3) is 0.812. The van der Waals surface area contributed by atoms with Crippen LogP contribution in [-0.4, -0.2) is 15.9 Å². The van der Waals surface area contributed by atoms with Gasteiger partial charge in [0.1, 0.15) is 6.10 Å². The second kappa shape index (κ2) is 4.23. The minimum atomic E-state index is 0.266. The monoisotopic (exact) mass is 277 g/mol. The van der Waals surface area contributed by atoms with E-state index in [0.717, 1.165) is 29.5 Å². The van der Waals surface area contributed by atoms with Crippen molar-refractivity contribution in [3.05, 3.63) is 11.3 Å². The van der Waals surface area contributed by atoms with E-state index in [-0.39, 0.29) is 11.5 Å². The molecule has 1 aromatic heterocycles. The standard InChI is InChI=1S/C16H27N3O/c1-10-12(9-17)14(19(5)18-10)20-13-8-11-6-7-16(13,4)15(11,2)3/h11,13H,6-9,17H2,1-5H3. The molecule has 4 heteroatoms. The molecule has 3 atom stereocenters. The summed E-state index contributed by atoms with van der Waals surface area (Å²) in [5.74, 6) is 1.66. The van der Waals surface area contributed by atoms with E-state index in [2.05, 4.69) is 25.9 Å². The van der Waals surface area contributed by atoms with Gasteiger partial charge in [-0.05, 0) is 37.5 Å². The Bertz CT molecular complexity index is 534. The number of nitrogens with zero attached hydrogens (tertiary/aromatic N) is 2. The van der Waals surface area contributed by atoms with Gasteiger partial charge in [0.2, 0.25) is 5.88 Å². The van der Waals surface area contributed by atoms with Gasteiger partial charge in [-0.2, -0.15) is 5.10 Å². The van der Waals surface area contributed by atoms with Gasteiger partial charge < -0.3 is 10.5 Å². The molecule has 20 heavy (non-hydrogen) atoms. The number of fused-ring (bicyclic) bond motifs is 2. The molecule has 0 spiro atoms. The number of aromatic nitrogens is 2. The van der Waals surface area contributed by atoms with Gasteiger partial charge in [0, 0.05) is 19.0 Å². The topological polar surface area (TPSA) is 53.1 Å². The van der Waals surface area contributed by atoms with Crippen molar-refractivity contribution in [2.45, 2.75) is 59.6 Å². The number of hydrogen-bond donors (Lipinski definition) is 1. The summed E-state index contributed by atoms with van der Waals surface area (Å²) in [4.78, 5) is 0. The van der Waals surface area contributed by atoms with Crippen LogP contribution in [-0.2, 0) is 13.6 Å². The number of rotatable bonds is 3. The third-order valence-corrected chi connectivity index (χ3v) is 6.46. The molecule has 0 saturated heterocycles. The molecule has 2 fully saturated rings. The summed E-state index contributed by atoms with van der Waals surface area (Å²) in [5, 5.41) is 4.46. The number of ether oxygens (including phenoxy) is 1. The third-order valence-electron chi connectivity index (χ3n) is 6.46. The van der Waals surface area contributed by atoms with Gasteiger partial charge in [0.25, 0.3) is 0 Å². The SMILES string of the molecule is Cc1nn(C)c(OC2CC3CCC2(C)C3(C)C)c1CN. The predicted molar refractivity (Wildman–Crippen MR) is 79.5 cm³/mol. The fourth-order valence-electron chi connectivity index (χ4n) is 4.51. The molecular formula is C16H27N3O. The average molecular weight is 277 g/mol. The van der Waals surface area contributed by atoms with E-state index in [1.807, 2.05) is 18.7 Å². The lowest BCUT2D eigenvalue weighted by Gasteiger charge is -2.38. The Hall–Kier alpha value is -1.03. The van der Waals surface area contributed by atoms with E-state index in [9.17, 15) is 0 Å². The van der Waals surface area contributed by atoms with Crippen molar-refractivity contribution in [1.82, 2.24) is 9.78 Å². The molecule has 2 bridgehead atoms. The van der Waals surface area contributed by atoms with Crippen LogP contribution in [0, 0.1) is 23.7 Å². The fourth-order valence-corrected chi connectivity index (χ4v) is 4.51. The highest BCUT2D eigenvalue weighted by atomic mass is 16.5. The van der Waals surface area contributed by atoms with Crippen molar-refractivity contribution in [2.75, 3.05) is 0 Å². The second-order valence-corrected chi connectivity index (χ2v) is 7.41. The molecule has 112 valence electrons. The molecule has 1 aromatic rings. The first-order valence-corrected chi connectivity index (χ1v) is 7.70. The Balaban J connectivity index is 1.91. The maximum atomic E-state index is 6.44. The summed E-state index contributed by atoms with van der Waals surface area (Å²) in [7, 11) is 1.95. The highest BCUT2D eigenvalue weighted by Crippen LogP contribution is 2.66. The minimum absolute atomic E-state index is 0.266. The van der Waals surface area contributed by atoms with Crippen molar-refractivity contribution in [2.24, 2.45) is 29.5 Å². The third kappa shape index (κ3) is 1.60. The highest BCUT2D eigenvalue weighted by Gasteiger charge is 2.62. The van der Waals surface area contributed by atoms with Gasteiger partial charge in [-0.3, -0.25) is 0 Å². The van der Waals surface area contributed by atoms with Crippen LogP contribution in [0.25, 0.3) is 0 Å². The van der Waals surface area contributed by atoms with E-state index < -0.39 is 0 Å². The Kier molecular flexibility index (Phi) is 2.95. The number of nitrogens with two attached hydrogens (primary N) is 1. The van der Waals surface area contributed by atoms with E-state index in [4.69, 9.17) is 10.5 Å². The molecule has 0 aliphatic heterocycles. The summed E-state index contributed by atoms with van der Waals surface area (Å²) in [5.41, 5.74) is 8.54. The zero-order valence-corrected chi connectivity index (χ0v) is 13.4. The van der Waals surface area contributed by atoms with Crippen LogP contribution >= 0.6 is 0 Å². The molecule has 0 radical (unpaired) electrons. The first-order valence-electron chi connectivity index (χ1n) is 7.70. The summed E-state index contributed by atoms with van der Waals surface area (Å²) in [6, 6.07) is 0. The lowest BCUT2D eigenvalue weighted by Crippen LogP contribution is -2.39. The van der Waals surface area contributed by atoms with Crippen molar-refractivity contribution >= 4 is 0 Å². The van der Waals surface area contributed by atoms with E-state index in [0.29, 0.717) is 12.0 Å². The normalized spacial score (nSPS) is 34.7. The van der Waals surface area contributed by atoms with Crippen LogP contribution in [0.3, 0.4) is 0 Å². The quantitative estimate of drug-likeness (QED) is 0.924. The van der Waals surface area contributed by atoms with Crippen molar-refractivity contribution < 1.29 is 4.74 Å². The van der Waals surface area contributed by atoms with Crippen LogP contribution < -0.4 is 10.5 Å². The molecule has 2 saturated carbocycles. The Labute approximate surface area is 121 Å². The Morgan fingerprint density at radius 2 is 2.10 bits per heavy atom. The first-order chi connectivity index (χ1) is 9.31. The largest absolute Gasteiger partial charge is 0.474 e.